The van der Waals surface area contributed by atoms with Crippen LogP contribution < -0.4 is 5.14 Å². The molecule has 0 aromatic heterocycles. The van der Waals surface area contributed by atoms with Gasteiger partial charge in [0.2, 0.25) is 0 Å². The molecule has 1 saturated heterocycles. The van der Waals surface area contributed by atoms with Crippen LogP contribution in [0.5, 0.6) is 0 Å². The average Bonchev–Trinajstić information content (AvgIpc) is 2.42. The van der Waals surface area contributed by atoms with E-state index >= 15 is 0 Å². The fourth-order valence-corrected chi connectivity index (χ4v) is 2.03. The Kier molecular flexibility index (Phi) is 6.23. The van der Waals surface area contributed by atoms with Gasteiger partial charge >= 0.3 is 0 Å². The summed E-state index contributed by atoms with van der Waals surface area (Å²) in [7, 11) is 1.10. The van der Waals surface area contributed by atoms with Gasteiger partial charge in [-0.1, -0.05) is 0 Å². The fraction of sp³-hybridized carbons (Fsp3) is 1.00. The molecule has 48 valence electrons. The van der Waals surface area contributed by atoms with E-state index in [1.54, 1.807) is 0 Å². The van der Waals surface area contributed by atoms with Gasteiger partial charge < -0.3 is 0 Å². The Bertz CT molecular complexity index is 63.2. The van der Waals surface area contributed by atoms with E-state index < -0.39 is 0 Å². The van der Waals surface area contributed by atoms with Gasteiger partial charge in [0, 0.05) is 0 Å². The molecule has 8 heavy (non-hydrogen) atoms. The Morgan fingerprint density at radius 3 is 2.75 bits per heavy atom. The molecule has 0 spiro atoms. The van der Waals surface area contributed by atoms with Gasteiger partial charge in [0.25, 0.3) is 5.71 Å². The van der Waals surface area contributed by atoms with Gasteiger partial charge in [0.1, 0.15) is 0 Å². The van der Waals surface area contributed by atoms with E-state index in [9.17, 15) is 0 Å². The second-order valence-electron chi connectivity index (χ2n) is 1.16. The lowest BCUT2D eigenvalue weighted by Crippen LogP contribution is -1.81. The van der Waals surface area contributed by atoms with Gasteiger partial charge in [-0.15, -0.1) is 8.46 Å². The topological polar surface area (TPSA) is 35.2 Å². The van der Waals surface area contributed by atoms with Crippen molar-refractivity contribution < 1.29 is 3.63 Å². The van der Waals surface area contributed by atoms with Gasteiger partial charge in [-0.2, -0.15) is 13.5 Å². The Labute approximate surface area is 66.8 Å². The van der Waals surface area contributed by atoms with Crippen molar-refractivity contribution in [1.29, 1.82) is 0 Å². The van der Waals surface area contributed by atoms with Crippen LogP contribution in [0, 0.1) is 0 Å². The maximum absolute atomic E-state index is 4.98. The molecule has 1 aliphatic rings. The first kappa shape index (κ1) is 9.46. The molecule has 1 unspecified atom stereocenters. The normalized spacial score (nSPS) is 18.4. The predicted molar refractivity (Wildman–Crippen MR) is 49.8 cm³/mol. The molecule has 0 aromatic rings. The molecule has 1 fully saturated rings. The van der Waals surface area contributed by atoms with E-state index in [2.05, 4.69) is 0 Å². The van der Waals surface area contributed by atoms with E-state index in [-0.39, 0.29) is 13.5 Å². The van der Waals surface area contributed by atoms with Crippen molar-refractivity contribution in [3.05, 3.63) is 0 Å². The highest BCUT2D eigenvalue weighted by molar-refractivity contribution is 8.44. The number of hydrogen-bond acceptors (Lipinski definition) is 4. The Hall–Kier alpha value is 1.46. The van der Waals surface area contributed by atoms with Crippen molar-refractivity contribution >= 4 is 51.8 Å². The highest BCUT2D eigenvalue weighted by Crippen LogP contribution is 2.43. The minimum absolute atomic E-state index is 0. The van der Waals surface area contributed by atoms with Crippen molar-refractivity contribution in [1.82, 2.24) is 0 Å². The molecular weight excluding hydrogens is 180 g/mol. The zero-order valence-electron chi connectivity index (χ0n) is 4.09. The zero-order valence-corrected chi connectivity index (χ0v) is 7.72. The van der Waals surface area contributed by atoms with Gasteiger partial charge in [-0.05, 0) is 18.0 Å². The molecule has 7 heteroatoms. The first-order chi connectivity index (χ1) is 3.43. The summed E-state index contributed by atoms with van der Waals surface area (Å²) in [6.45, 7) is 0. The summed E-state index contributed by atoms with van der Waals surface area (Å²) in [6.07, 6.45) is 0. The van der Waals surface area contributed by atoms with E-state index in [1.807, 2.05) is 0 Å². The lowest BCUT2D eigenvalue weighted by atomic mass is 10.2. The molecule has 1 rings (SSSR count). The van der Waals surface area contributed by atoms with Crippen LogP contribution in [-0.2, 0) is 3.63 Å². The largest absolute Gasteiger partial charge is 0.275 e. The van der Waals surface area contributed by atoms with Crippen molar-refractivity contribution in [3.63, 3.8) is 0 Å². The fourth-order valence-electron chi connectivity index (χ4n) is 0.186. The summed E-state index contributed by atoms with van der Waals surface area (Å²) in [5.74, 6) is 0. The number of nitrogens with two attached hydrogens (primary N) is 1. The Morgan fingerprint density at radius 1 is 1.75 bits per heavy atom. The maximum Gasteiger partial charge on any atom is 0.275 e. The van der Waals surface area contributed by atoms with Crippen LogP contribution >= 0.6 is 46.1 Å². The van der Waals surface area contributed by atoms with E-state index in [0.29, 0.717) is 0 Å². The van der Waals surface area contributed by atoms with E-state index in [1.165, 1.54) is 18.0 Å². The molecule has 1 heterocycles. The summed E-state index contributed by atoms with van der Waals surface area (Å²) in [5.41, 5.74) is 0.774. The van der Waals surface area contributed by atoms with Crippen molar-refractivity contribution in [2.24, 2.45) is 5.14 Å². The van der Waals surface area contributed by atoms with Crippen molar-refractivity contribution in [2.45, 2.75) is 0 Å². The molecule has 2 nitrogen and oxygen atoms in total. The maximum atomic E-state index is 4.98. The number of hydrogen-bond donors (Lipinski definition) is 1. The molecule has 0 radical (unpaired) electrons. The smallest absolute Gasteiger partial charge is 0.253 e. The van der Waals surface area contributed by atoms with Crippen LogP contribution in [0.15, 0.2) is 0 Å². The summed E-state index contributed by atoms with van der Waals surface area (Å²) in [4.78, 5) is 0. The minimum Gasteiger partial charge on any atom is -0.253 e. The summed E-state index contributed by atoms with van der Waals surface area (Å²) >= 11 is 2.43. The quantitative estimate of drug-likeness (QED) is 0.309. The Morgan fingerprint density at radius 2 is 2.38 bits per heavy atom. The van der Waals surface area contributed by atoms with Gasteiger partial charge in [0.05, 0.1) is 12.2 Å². The lowest BCUT2D eigenvalue weighted by Gasteiger charge is -1.87. The molecule has 1 atom stereocenters. The monoisotopic (exact) mass is 187 g/mol. The van der Waals surface area contributed by atoms with Gasteiger partial charge in [-0.25, -0.2) is 3.63 Å². The Balaban J connectivity index is 0.000000490. The van der Waals surface area contributed by atoms with Crippen LogP contribution in [-0.4, -0.2) is 11.8 Å². The first-order valence-corrected chi connectivity index (χ1v) is 4.75. The second-order valence-corrected chi connectivity index (χ2v) is 4.59. The van der Waals surface area contributed by atoms with Crippen LogP contribution in [0.25, 0.3) is 0 Å². The van der Waals surface area contributed by atoms with Crippen LogP contribution in [0.2, 0.25) is 0 Å². The predicted octanol–water partition coefficient (Wildman–Crippen LogP) is 1.01. The molecule has 0 aromatic carbocycles. The van der Waals surface area contributed by atoms with E-state index in [0.717, 1.165) is 26.4 Å². The SMILES string of the molecule is NSOSB1CP1.S. The second kappa shape index (κ2) is 5.27. The molecule has 0 aliphatic carbocycles. The van der Waals surface area contributed by atoms with Crippen molar-refractivity contribution in [3.8, 4) is 0 Å². The molecule has 1 aliphatic heterocycles. The van der Waals surface area contributed by atoms with Crippen LogP contribution in [0.4, 0.5) is 0 Å². The van der Waals surface area contributed by atoms with Crippen LogP contribution in [0.1, 0.15) is 0 Å². The molecule has 0 saturated carbocycles. The van der Waals surface area contributed by atoms with Gasteiger partial charge in [-0.3, -0.25) is 5.14 Å². The summed E-state index contributed by atoms with van der Waals surface area (Å²) in [5, 5.41) is 4.98. The highest BCUT2D eigenvalue weighted by atomic mass is 32.2. The molecule has 0 bridgehead atoms. The number of rotatable bonds is 3. The first-order valence-electron chi connectivity index (χ1n) is 1.86. The van der Waals surface area contributed by atoms with Crippen molar-refractivity contribution in [2.75, 3.05) is 6.06 Å². The zero-order chi connectivity index (χ0) is 5.11. The standard InChI is InChI=1S/CH5BNOPS2.H2S/c3-7-4-6-2-1-5-2;/h5H,1,3H2;1H2. The van der Waals surface area contributed by atoms with Crippen LogP contribution in [0.3, 0.4) is 0 Å². The lowest BCUT2D eigenvalue weighted by molar-refractivity contribution is 0.771. The minimum atomic E-state index is 0. The van der Waals surface area contributed by atoms with E-state index in [4.69, 9.17) is 8.77 Å². The molecule has 2 N–H and O–H groups in total. The third kappa shape index (κ3) is 4.35. The highest BCUT2D eigenvalue weighted by Gasteiger charge is 2.28. The third-order valence-corrected chi connectivity index (χ3v) is 3.46. The summed E-state index contributed by atoms with van der Waals surface area (Å²) < 4.78 is 4.78. The summed E-state index contributed by atoms with van der Waals surface area (Å²) in [6, 6.07) is 1.32. The molecule has 0 amide bonds. The average molecular weight is 187 g/mol. The third-order valence-electron chi connectivity index (χ3n) is 0.566. The van der Waals surface area contributed by atoms with Gasteiger partial charge in [0.15, 0.2) is 0 Å². The molecular formula is CH7BNOPS3.